The Morgan fingerprint density at radius 3 is 2.62 bits per heavy atom. The highest BCUT2D eigenvalue weighted by Crippen LogP contribution is 2.24. The number of nitrogen functional groups attached to an aromatic ring is 2. The molecule has 0 aliphatic heterocycles. The average Bonchev–Trinajstić information content (AvgIpc) is 2.29. The maximum Gasteiger partial charge on any atom is 0.244 e. The van der Waals surface area contributed by atoms with E-state index >= 15 is 0 Å². The van der Waals surface area contributed by atoms with Crippen LogP contribution < -0.4 is 26.8 Å². The molecular formula is C9H18N6O. The summed E-state index contributed by atoms with van der Waals surface area (Å²) < 4.78 is 5.43. The minimum Gasteiger partial charge on any atom is -0.476 e. The van der Waals surface area contributed by atoms with Crippen molar-refractivity contribution in [3.63, 3.8) is 0 Å². The van der Waals surface area contributed by atoms with Gasteiger partial charge in [-0.25, -0.2) is 0 Å². The van der Waals surface area contributed by atoms with Crippen LogP contribution in [-0.2, 0) is 0 Å². The number of nitrogens with two attached hydrogens (primary N) is 2. The molecule has 0 aromatic carbocycles. The van der Waals surface area contributed by atoms with E-state index in [9.17, 15) is 0 Å². The van der Waals surface area contributed by atoms with E-state index in [-0.39, 0.29) is 11.5 Å². The molecule has 1 aromatic heterocycles. The Morgan fingerprint density at radius 2 is 2.00 bits per heavy atom. The highest BCUT2D eigenvalue weighted by atomic mass is 16.5. The van der Waals surface area contributed by atoms with Gasteiger partial charge < -0.3 is 26.8 Å². The second kappa shape index (κ2) is 5.96. The summed E-state index contributed by atoms with van der Waals surface area (Å²) in [6.07, 6.45) is 0.870. The van der Waals surface area contributed by atoms with Crippen LogP contribution in [0.2, 0.25) is 0 Å². The second-order valence-corrected chi connectivity index (χ2v) is 3.21. The Morgan fingerprint density at radius 1 is 1.25 bits per heavy atom. The molecule has 0 unspecified atom stereocenters. The Balaban J connectivity index is 2.66. The van der Waals surface area contributed by atoms with Crippen molar-refractivity contribution >= 4 is 17.5 Å². The molecule has 0 spiro atoms. The second-order valence-electron chi connectivity index (χ2n) is 3.21. The van der Waals surface area contributed by atoms with Gasteiger partial charge in [0.25, 0.3) is 0 Å². The summed E-state index contributed by atoms with van der Waals surface area (Å²) in [6, 6.07) is 0. The zero-order valence-corrected chi connectivity index (χ0v) is 9.58. The van der Waals surface area contributed by atoms with E-state index in [1.54, 1.807) is 7.05 Å². The largest absolute Gasteiger partial charge is 0.476 e. The topological polar surface area (TPSA) is 111 Å². The lowest BCUT2D eigenvalue weighted by atomic mass is 10.4. The van der Waals surface area contributed by atoms with Crippen LogP contribution in [0.15, 0.2) is 0 Å². The van der Waals surface area contributed by atoms with Gasteiger partial charge in [0.1, 0.15) is 5.69 Å². The summed E-state index contributed by atoms with van der Waals surface area (Å²) >= 11 is 0. The molecule has 0 aliphatic rings. The summed E-state index contributed by atoms with van der Waals surface area (Å²) in [5, 5.41) is 5.81. The molecule has 1 aromatic rings. The lowest BCUT2D eigenvalue weighted by Gasteiger charge is -2.10. The van der Waals surface area contributed by atoms with Crippen molar-refractivity contribution in [1.29, 1.82) is 0 Å². The Kier molecular flexibility index (Phi) is 4.59. The predicted molar refractivity (Wildman–Crippen MR) is 64.4 cm³/mol. The van der Waals surface area contributed by atoms with Gasteiger partial charge in [-0.2, -0.15) is 9.97 Å². The van der Waals surface area contributed by atoms with Crippen LogP contribution in [0.4, 0.5) is 17.5 Å². The third kappa shape index (κ3) is 3.13. The van der Waals surface area contributed by atoms with Crippen molar-refractivity contribution in [1.82, 2.24) is 15.3 Å². The zero-order valence-electron chi connectivity index (χ0n) is 9.58. The van der Waals surface area contributed by atoms with Gasteiger partial charge >= 0.3 is 0 Å². The van der Waals surface area contributed by atoms with Gasteiger partial charge in [0.15, 0.2) is 5.82 Å². The molecule has 90 valence electrons. The number of ether oxygens (including phenoxy) is 1. The van der Waals surface area contributed by atoms with Gasteiger partial charge in [0, 0.05) is 7.05 Å². The van der Waals surface area contributed by atoms with E-state index in [4.69, 9.17) is 16.2 Å². The summed E-state index contributed by atoms with van der Waals surface area (Å²) in [5.74, 6) is 0.950. The molecule has 0 saturated heterocycles. The molecular weight excluding hydrogens is 208 g/mol. The summed E-state index contributed by atoms with van der Waals surface area (Å²) in [6.45, 7) is 1.41. The number of nitrogens with zero attached hydrogens (tertiary/aromatic N) is 2. The quantitative estimate of drug-likeness (QED) is 0.491. The monoisotopic (exact) mass is 226 g/mol. The number of aromatic nitrogens is 2. The Hall–Kier alpha value is -1.76. The molecule has 16 heavy (non-hydrogen) atoms. The van der Waals surface area contributed by atoms with Gasteiger partial charge in [-0.1, -0.05) is 0 Å². The normalized spacial score (nSPS) is 10.1. The van der Waals surface area contributed by atoms with E-state index < -0.39 is 0 Å². The maximum atomic E-state index is 5.70. The maximum absolute atomic E-state index is 5.70. The molecule has 0 bridgehead atoms. The first-order chi connectivity index (χ1) is 7.69. The Bertz CT molecular complexity index is 343. The molecule has 0 atom stereocenters. The van der Waals surface area contributed by atoms with Gasteiger partial charge in [-0.15, -0.1) is 0 Å². The summed E-state index contributed by atoms with van der Waals surface area (Å²) in [7, 11) is 3.59. The van der Waals surface area contributed by atoms with E-state index in [0.717, 1.165) is 13.0 Å². The number of anilines is 3. The van der Waals surface area contributed by atoms with Crippen molar-refractivity contribution in [2.45, 2.75) is 6.42 Å². The van der Waals surface area contributed by atoms with Crippen LogP contribution in [0.25, 0.3) is 0 Å². The first-order valence-corrected chi connectivity index (χ1v) is 5.07. The fraction of sp³-hybridized carbons (Fsp3) is 0.556. The van der Waals surface area contributed by atoms with Crippen LogP contribution in [0.3, 0.4) is 0 Å². The minimum absolute atomic E-state index is 0.225. The minimum atomic E-state index is 0.225. The summed E-state index contributed by atoms with van der Waals surface area (Å²) in [4.78, 5) is 8.01. The van der Waals surface area contributed by atoms with E-state index in [2.05, 4.69) is 20.6 Å². The molecule has 0 fully saturated rings. The van der Waals surface area contributed by atoms with Gasteiger partial charge in [0.05, 0.1) is 6.61 Å². The standard InChI is InChI=1S/C9H18N6O/c1-12-4-3-5-16-8-6(10)7(11)14-9(13-2)15-8/h12H,3-5,10H2,1-2H3,(H3,11,13,14,15). The fourth-order valence-electron chi connectivity index (χ4n) is 1.10. The van der Waals surface area contributed by atoms with Gasteiger partial charge in [-0.05, 0) is 20.0 Å². The number of hydrogen-bond acceptors (Lipinski definition) is 7. The average molecular weight is 226 g/mol. The molecule has 7 heteroatoms. The molecule has 1 heterocycles. The molecule has 1 rings (SSSR count). The number of hydrogen-bond donors (Lipinski definition) is 4. The highest BCUT2D eigenvalue weighted by Gasteiger charge is 2.09. The first kappa shape index (κ1) is 12.3. The highest BCUT2D eigenvalue weighted by molar-refractivity contribution is 5.66. The fourth-order valence-corrected chi connectivity index (χ4v) is 1.10. The molecule has 7 nitrogen and oxygen atoms in total. The lowest BCUT2D eigenvalue weighted by molar-refractivity contribution is 0.300. The van der Waals surface area contributed by atoms with E-state index in [1.807, 2.05) is 7.05 Å². The van der Waals surface area contributed by atoms with Gasteiger partial charge in [0.2, 0.25) is 11.8 Å². The van der Waals surface area contributed by atoms with Crippen molar-refractivity contribution in [2.75, 3.05) is 44.0 Å². The molecule has 0 radical (unpaired) electrons. The molecule has 0 amide bonds. The van der Waals surface area contributed by atoms with Gasteiger partial charge in [-0.3, -0.25) is 0 Å². The van der Waals surface area contributed by atoms with Crippen molar-refractivity contribution in [3.8, 4) is 5.88 Å². The van der Waals surface area contributed by atoms with Crippen LogP contribution in [0.5, 0.6) is 5.88 Å². The van der Waals surface area contributed by atoms with Crippen molar-refractivity contribution in [3.05, 3.63) is 0 Å². The SMILES string of the molecule is CNCCCOc1nc(NC)nc(N)c1N. The zero-order chi connectivity index (χ0) is 12.0. The van der Waals surface area contributed by atoms with Crippen LogP contribution in [0, 0.1) is 0 Å². The molecule has 0 aliphatic carbocycles. The van der Waals surface area contributed by atoms with E-state index in [1.165, 1.54) is 0 Å². The molecule has 0 saturated carbocycles. The van der Waals surface area contributed by atoms with Crippen LogP contribution >= 0.6 is 0 Å². The smallest absolute Gasteiger partial charge is 0.244 e. The number of rotatable bonds is 6. The summed E-state index contributed by atoms with van der Waals surface area (Å²) in [5.41, 5.74) is 11.6. The first-order valence-electron chi connectivity index (χ1n) is 5.07. The third-order valence-electron chi connectivity index (χ3n) is 1.97. The lowest BCUT2D eigenvalue weighted by Crippen LogP contribution is -2.13. The Labute approximate surface area is 94.6 Å². The third-order valence-corrected chi connectivity index (χ3v) is 1.97. The van der Waals surface area contributed by atoms with Crippen LogP contribution in [-0.4, -0.2) is 37.2 Å². The van der Waals surface area contributed by atoms with Crippen molar-refractivity contribution in [2.24, 2.45) is 0 Å². The van der Waals surface area contributed by atoms with Crippen LogP contribution in [0.1, 0.15) is 6.42 Å². The van der Waals surface area contributed by atoms with Crippen molar-refractivity contribution < 1.29 is 4.74 Å². The predicted octanol–water partition coefficient (Wildman–Crippen LogP) is -0.329. The number of nitrogens with one attached hydrogen (secondary N) is 2. The molecule has 6 N–H and O–H groups in total. The van der Waals surface area contributed by atoms with E-state index in [0.29, 0.717) is 18.4 Å².